The molecule has 3 aromatic carbocycles. The molecule has 2 heterocycles. The highest BCUT2D eigenvalue weighted by atomic mass is 16.8. The Labute approximate surface area is 216 Å². The molecule has 0 unspecified atom stereocenters. The predicted molar refractivity (Wildman–Crippen MR) is 135 cm³/mol. The lowest BCUT2D eigenvalue weighted by atomic mass is 9.80. The molecule has 5 rings (SSSR count). The molecular weight excluding hydrogens is 472 g/mol. The largest absolute Gasteiger partial charge is 0.457 e. The van der Waals surface area contributed by atoms with E-state index >= 15 is 0 Å². The Kier molecular flexibility index (Phi) is 7.16. The Morgan fingerprint density at radius 1 is 0.892 bits per heavy atom. The number of esters is 1. The Morgan fingerprint density at radius 3 is 1.84 bits per heavy atom. The summed E-state index contributed by atoms with van der Waals surface area (Å²) in [6.07, 6.45) is -4.29. The van der Waals surface area contributed by atoms with Gasteiger partial charge in [-0.25, -0.2) is 0 Å². The molecule has 2 aliphatic rings. The first kappa shape index (κ1) is 25.6. The van der Waals surface area contributed by atoms with E-state index in [-0.39, 0.29) is 6.61 Å². The molecule has 0 bridgehead atoms. The number of carbonyl (C=O) groups excluding carboxylic acids is 1. The van der Waals surface area contributed by atoms with Gasteiger partial charge in [-0.1, -0.05) is 91.0 Å². The van der Waals surface area contributed by atoms with Crippen molar-refractivity contribution in [2.75, 3.05) is 6.61 Å². The second kappa shape index (κ2) is 10.4. The van der Waals surface area contributed by atoms with Gasteiger partial charge < -0.3 is 28.8 Å². The molecule has 2 fully saturated rings. The van der Waals surface area contributed by atoms with Gasteiger partial charge in [0.25, 0.3) is 0 Å². The Hall–Kier alpha value is -3.07. The first-order valence-corrected chi connectivity index (χ1v) is 12.5. The maximum atomic E-state index is 11.9. The van der Waals surface area contributed by atoms with E-state index in [9.17, 15) is 9.90 Å². The average molecular weight is 505 g/mol. The first-order chi connectivity index (χ1) is 17.8. The predicted octanol–water partition coefficient (Wildman–Crippen LogP) is 4.16. The van der Waals surface area contributed by atoms with E-state index in [1.807, 2.05) is 91.0 Å². The monoisotopic (exact) mass is 504 g/mol. The Morgan fingerprint density at radius 2 is 1.38 bits per heavy atom. The molecule has 0 radical (unpaired) electrons. The summed E-state index contributed by atoms with van der Waals surface area (Å²) in [6, 6.07) is 29.7. The van der Waals surface area contributed by atoms with Crippen LogP contribution in [0.25, 0.3) is 0 Å². The minimum Gasteiger partial charge on any atom is -0.457 e. The maximum Gasteiger partial charge on any atom is 0.303 e. The second-order valence-electron chi connectivity index (χ2n) is 9.80. The first-order valence-electron chi connectivity index (χ1n) is 12.5. The normalized spacial score (nSPS) is 25.4. The van der Waals surface area contributed by atoms with Crippen LogP contribution in [0.15, 0.2) is 91.0 Å². The fraction of sp³-hybridized carbons (Fsp3) is 0.367. The SMILES string of the molecule is CC(=O)O[C@H]1[C@H]([C@@H](O)COC(c2ccccc2)(c2ccccc2)c2ccccc2)O[C@@H]2OC(C)(C)O[C@@H]21. The molecule has 2 aliphatic heterocycles. The lowest BCUT2D eigenvalue weighted by Gasteiger charge is -2.37. The van der Waals surface area contributed by atoms with Crippen molar-refractivity contribution in [3.05, 3.63) is 108 Å². The van der Waals surface area contributed by atoms with Crippen molar-refractivity contribution in [3.63, 3.8) is 0 Å². The van der Waals surface area contributed by atoms with Gasteiger partial charge >= 0.3 is 5.97 Å². The number of carbonyl (C=O) groups is 1. The van der Waals surface area contributed by atoms with Crippen molar-refractivity contribution in [1.82, 2.24) is 0 Å². The van der Waals surface area contributed by atoms with Crippen molar-refractivity contribution in [2.45, 2.75) is 62.9 Å². The number of hydrogen-bond donors (Lipinski definition) is 1. The number of fused-ring (bicyclic) bond motifs is 1. The van der Waals surface area contributed by atoms with Gasteiger partial charge in [0, 0.05) is 6.92 Å². The van der Waals surface area contributed by atoms with E-state index in [1.165, 1.54) is 6.92 Å². The molecule has 0 saturated carbocycles. The Balaban J connectivity index is 1.48. The van der Waals surface area contributed by atoms with E-state index < -0.39 is 48.1 Å². The van der Waals surface area contributed by atoms with Crippen molar-refractivity contribution in [1.29, 1.82) is 0 Å². The quantitative estimate of drug-likeness (QED) is 0.364. The van der Waals surface area contributed by atoms with Crippen LogP contribution in [0.2, 0.25) is 0 Å². The molecule has 5 atom stereocenters. The molecule has 194 valence electrons. The molecule has 0 aromatic heterocycles. The van der Waals surface area contributed by atoms with Crippen LogP contribution < -0.4 is 0 Å². The van der Waals surface area contributed by atoms with Crippen molar-refractivity contribution < 1.29 is 33.6 Å². The number of benzene rings is 3. The summed E-state index contributed by atoms with van der Waals surface area (Å²) in [5.74, 6) is -1.38. The zero-order valence-electron chi connectivity index (χ0n) is 21.2. The highest BCUT2D eigenvalue weighted by Gasteiger charge is 2.58. The third kappa shape index (κ3) is 5.06. The van der Waals surface area contributed by atoms with Crippen molar-refractivity contribution in [3.8, 4) is 0 Å². The third-order valence-electron chi connectivity index (χ3n) is 6.72. The molecule has 2 saturated heterocycles. The summed E-state index contributed by atoms with van der Waals surface area (Å²) >= 11 is 0. The molecule has 7 nitrogen and oxygen atoms in total. The number of aliphatic hydroxyl groups is 1. The number of ether oxygens (including phenoxy) is 5. The van der Waals surface area contributed by atoms with Gasteiger partial charge in [0.15, 0.2) is 24.3 Å². The van der Waals surface area contributed by atoms with Crippen LogP contribution in [0.1, 0.15) is 37.5 Å². The van der Waals surface area contributed by atoms with Gasteiger partial charge in [-0.15, -0.1) is 0 Å². The lowest BCUT2D eigenvalue weighted by Crippen LogP contribution is -2.46. The fourth-order valence-corrected chi connectivity index (χ4v) is 5.21. The minimum absolute atomic E-state index is 0.107. The molecule has 1 N–H and O–H groups in total. The lowest BCUT2D eigenvalue weighted by molar-refractivity contribution is -0.233. The maximum absolute atomic E-state index is 11.9. The number of hydrogen-bond acceptors (Lipinski definition) is 7. The summed E-state index contributed by atoms with van der Waals surface area (Å²) in [6.45, 7) is 4.74. The topological polar surface area (TPSA) is 83.5 Å². The molecule has 37 heavy (non-hydrogen) atoms. The number of rotatable bonds is 8. The summed E-state index contributed by atoms with van der Waals surface area (Å²) in [7, 11) is 0. The van der Waals surface area contributed by atoms with Crippen LogP contribution in [-0.2, 0) is 34.1 Å². The van der Waals surface area contributed by atoms with Crippen LogP contribution in [-0.4, -0.2) is 54.2 Å². The van der Waals surface area contributed by atoms with Crippen molar-refractivity contribution >= 4 is 5.97 Å². The van der Waals surface area contributed by atoms with Crippen LogP contribution in [0.5, 0.6) is 0 Å². The third-order valence-corrected chi connectivity index (χ3v) is 6.72. The van der Waals surface area contributed by atoms with Gasteiger partial charge in [0.05, 0.1) is 6.61 Å². The standard InChI is InChI=1S/C30H32O7/c1-20(31)34-26-25(35-28-27(26)36-29(2,3)37-28)24(32)19-33-30(21-13-7-4-8-14-21,22-15-9-5-10-16-22)23-17-11-6-12-18-23/h4-18,24-28,32H,19H2,1-3H3/t24-,25-,26-,27+,28+/m0/s1. The molecule has 0 amide bonds. The van der Waals surface area contributed by atoms with E-state index in [0.29, 0.717) is 0 Å². The van der Waals surface area contributed by atoms with Gasteiger partial charge in [-0.2, -0.15) is 0 Å². The molecule has 7 heteroatoms. The van der Waals surface area contributed by atoms with E-state index in [0.717, 1.165) is 16.7 Å². The summed E-state index contributed by atoms with van der Waals surface area (Å²) in [5, 5.41) is 11.4. The van der Waals surface area contributed by atoms with Gasteiger partial charge in [-0.05, 0) is 30.5 Å². The smallest absolute Gasteiger partial charge is 0.303 e. The fourth-order valence-electron chi connectivity index (χ4n) is 5.21. The minimum atomic E-state index is -1.14. The van der Waals surface area contributed by atoms with E-state index in [2.05, 4.69) is 0 Å². The average Bonchev–Trinajstić information content (AvgIpc) is 3.38. The summed E-state index contributed by atoms with van der Waals surface area (Å²) in [5.41, 5.74) is 1.72. The highest BCUT2D eigenvalue weighted by molar-refractivity contribution is 5.66. The van der Waals surface area contributed by atoms with E-state index in [1.54, 1.807) is 13.8 Å². The molecule has 0 spiro atoms. The van der Waals surface area contributed by atoms with Crippen LogP contribution in [0.3, 0.4) is 0 Å². The Bertz CT molecular complexity index is 1090. The zero-order chi connectivity index (χ0) is 26.0. The summed E-state index contributed by atoms with van der Waals surface area (Å²) in [4.78, 5) is 11.9. The van der Waals surface area contributed by atoms with E-state index in [4.69, 9.17) is 23.7 Å². The summed E-state index contributed by atoms with van der Waals surface area (Å²) < 4.78 is 30.1. The molecule has 0 aliphatic carbocycles. The molecular formula is C30H32O7. The van der Waals surface area contributed by atoms with Gasteiger partial charge in [0.1, 0.15) is 17.8 Å². The highest BCUT2D eigenvalue weighted by Crippen LogP contribution is 2.42. The number of aliphatic hydroxyl groups excluding tert-OH is 1. The molecule has 3 aromatic rings. The van der Waals surface area contributed by atoms with Crippen LogP contribution in [0.4, 0.5) is 0 Å². The van der Waals surface area contributed by atoms with Crippen molar-refractivity contribution in [2.24, 2.45) is 0 Å². The van der Waals surface area contributed by atoms with Crippen LogP contribution in [0, 0.1) is 0 Å². The van der Waals surface area contributed by atoms with Gasteiger partial charge in [0.2, 0.25) is 0 Å². The van der Waals surface area contributed by atoms with Gasteiger partial charge in [-0.3, -0.25) is 4.79 Å². The second-order valence-corrected chi connectivity index (χ2v) is 9.80. The zero-order valence-corrected chi connectivity index (χ0v) is 21.2. The van der Waals surface area contributed by atoms with Crippen LogP contribution >= 0.6 is 0 Å².